The van der Waals surface area contributed by atoms with E-state index in [2.05, 4.69) is 4.98 Å². The molecule has 1 aliphatic heterocycles. The molecule has 7 heteroatoms. The maximum atomic E-state index is 13.5. The highest BCUT2D eigenvalue weighted by Crippen LogP contribution is 2.50. The van der Waals surface area contributed by atoms with Gasteiger partial charge in [-0.2, -0.15) is 0 Å². The Morgan fingerprint density at radius 1 is 1.10 bits per heavy atom. The number of para-hydroxylation sites is 1. The molecule has 0 amide bonds. The third kappa shape index (κ3) is 3.16. The molecule has 2 unspecified atom stereocenters. The molecule has 2 aromatic carbocycles. The van der Waals surface area contributed by atoms with E-state index in [1.807, 2.05) is 30.3 Å². The summed E-state index contributed by atoms with van der Waals surface area (Å²) in [6.07, 6.45) is -1.000. The quantitative estimate of drug-likeness (QED) is 0.499. The molecule has 2 heterocycles. The van der Waals surface area contributed by atoms with Gasteiger partial charge in [-0.3, -0.25) is 4.79 Å². The standard InChI is InChI=1S/C24H25NO6/c26-12-19(27)20(28)13-31-14-5-6-15-17(11-14)24(7-9-30-10-8-24)23-21(22(15)29)16-3-1-2-4-18(16)25-23/h1-6,11,19-20,25-28H,7-10,12-13H2. The summed E-state index contributed by atoms with van der Waals surface area (Å²) >= 11 is 0. The molecule has 31 heavy (non-hydrogen) atoms. The molecular weight excluding hydrogens is 398 g/mol. The summed E-state index contributed by atoms with van der Waals surface area (Å²) in [6, 6.07) is 13.2. The SMILES string of the molecule is O=C1c2ccc(OCC(O)C(O)CO)cc2C2(CCOCC2)c2[nH]c3ccccc3c21. The highest BCUT2D eigenvalue weighted by Gasteiger charge is 2.46. The molecule has 7 nitrogen and oxygen atoms in total. The number of hydrogen-bond acceptors (Lipinski definition) is 6. The van der Waals surface area contributed by atoms with Crippen molar-refractivity contribution in [2.75, 3.05) is 26.4 Å². The van der Waals surface area contributed by atoms with Gasteiger partial charge in [-0.25, -0.2) is 0 Å². The van der Waals surface area contributed by atoms with Crippen molar-refractivity contribution in [2.24, 2.45) is 0 Å². The van der Waals surface area contributed by atoms with Crippen LogP contribution in [0, 0.1) is 0 Å². The number of aliphatic hydroxyl groups excluding tert-OH is 3. The number of benzene rings is 2. The summed E-state index contributed by atoms with van der Waals surface area (Å²) in [5, 5.41) is 29.4. The molecule has 1 fully saturated rings. The predicted molar refractivity (Wildman–Crippen MR) is 114 cm³/mol. The van der Waals surface area contributed by atoms with Crippen LogP contribution in [0.2, 0.25) is 0 Å². The van der Waals surface area contributed by atoms with Crippen molar-refractivity contribution in [1.82, 2.24) is 4.98 Å². The van der Waals surface area contributed by atoms with E-state index in [1.54, 1.807) is 12.1 Å². The van der Waals surface area contributed by atoms with E-state index in [1.165, 1.54) is 0 Å². The number of rotatable bonds is 5. The Morgan fingerprint density at radius 2 is 1.87 bits per heavy atom. The fraction of sp³-hybridized carbons (Fsp3) is 0.375. The van der Waals surface area contributed by atoms with Gasteiger partial charge in [0, 0.05) is 40.8 Å². The molecule has 2 atom stereocenters. The minimum Gasteiger partial charge on any atom is -0.491 e. The van der Waals surface area contributed by atoms with Crippen molar-refractivity contribution < 1.29 is 29.6 Å². The van der Waals surface area contributed by atoms with Crippen LogP contribution in [-0.4, -0.2) is 64.7 Å². The van der Waals surface area contributed by atoms with Crippen molar-refractivity contribution in [2.45, 2.75) is 30.5 Å². The van der Waals surface area contributed by atoms with Crippen LogP contribution in [0.5, 0.6) is 5.75 Å². The fourth-order valence-electron chi connectivity index (χ4n) is 4.87. The molecule has 1 aromatic heterocycles. The third-order valence-electron chi connectivity index (χ3n) is 6.56. The second-order valence-electron chi connectivity index (χ2n) is 8.28. The zero-order valence-corrected chi connectivity index (χ0v) is 17.0. The van der Waals surface area contributed by atoms with Crippen LogP contribution in [-0.2, 0) is 10.2 Å². The van der Waals surface area contributed by atoms with Crippen molar-refractivity contribution in [3.63, 3.8) is 0 Å². The van der Waals surface area contributed by atoms with Gasteiger partial charge in [-0.05, 0) is 42.7 Å². The number of hydrogen-bond donors (Lipinski definition) is 4. The lowest BCUT2D eigenvalue weighted by molar-refractivity contribution is -0.0339. The number of ketones is 1. The second-order valence-corrected chi connectivity index (χ2v) is 8.28. The Balaban J connectivity index is 1.60. The molecule has 1 saturated heterocycles. The first-order valence-electron chi connectivity index (χ1n) is 10.5. The molecule has 1 aliphatic carbocycles. The number of fused-ring (bicyclic) bond motifs is 6. The smallest absolute Gasteiger partial charge is 0.195 e. The van der Waals surface area contributed by atoms with Crippen LogP contribution >= 0.6 is 0 Å². The third-order valence-corrected chi connectivity index (χ3v) is 6.56. The summed E-state index contributed by atoms with van der Waals surface area (Å²) in [7, 11) is 0. The molecule has 162 valence electrons. The Hall–Kier alpha value is -2.71. The van der Waals surface area contributed by atoms with Gasteiger partial charge in [-0.1, -0.05) is 18.2 Å². The maximum Gasteiger partial charge on any atom is 0.195 e. The molecule has 1 spiro atoms. The normalized spacial score (nSPS) is 19.1. The van der Waals surface area contributed by atoms with Crippen molar-refractivity contribution >= 4 is 16.7 Å². The Kier molecular flexibility index (Phi) is 5.06. The van der Waals surface area contributed by atoms with Crippen LogP contribution in [0.1, 0.15) is 40.0 Å². The zero-order chi connectivity index (χ0) is 21.6. The number of aliphatic hydroxyl groups is 3. The highest BCUT2D eigenvalue weighted by atomic mass is 16.5. The van der Waals surface area contributed by atoms with Gasteiger partial charge in [0.2, 0.25) is 0 Å². The van der Waals surface area contributed by atoms with Crippen LogP contribution < -0.4 is 4.74 Å². The first-order valence-corrected chi connectivity index (χ1v) is 10.5. The van der Waals surface area contributed by atoms with E-state index in [0.29, 0.717) is 24.5 Å². The summed E-state index contributed by atoms with van der Waals surface area (Å²) in [6.45, 7) is 0.474. The van der Waals surface area contributed by atoms with Gasteiger partial charge in [0.05, 0.1) is 12.2 Å². The Morgan fingerprint density at radius 3 is 2.65 bits per heavy atom. The summed E-state index contributed by atoms with van der Waals surface area (Å²) in [5.74, 6) is 0.489. The zero-order valence-electron chi connectivity index (χ0n) is 17.0. The van der Waals surface area contributed by atoms with E-state index in [0.717, 1.165) is 40.6 Å². The van der Waals surface area contributed by atoms with E-state index in [-0.39, 0.29) is 12.4 Å². The van der Waals surface area contributed by atoms with Crippen LogP contribution in [0.3, 0.4) is 0 Å². The van der Waals surface area contributed by atoms with Gasteiger partial charge in [0.25, 0.3) is 0 Å². The number of H-pyrrole nitrogens is 1. The molecule has 2 aliphatic rings. The number of aromatic nitrogens is 1. The van der Waals surface area contributed by atoms with Gasteiger partial charge in [0.15, 0.2) is 5.78 Å². The molecule has 0 bridgehead atoms. The lowest BCUT2D eigenvalue weighted by Crippen LogP contribution is -2.40. The van der Waals surface area contributed by atoms with Gasteiger partial charge in [0.1, 0.15) is 24.6 Å². The Labute approximate surface area is 179 Å². The lowest BCUT2D eigenvalue weighted by Gasteiger charge is -2.41. The topological polar surface area (TPSA) is 112 Å². The summed E-state index contributed by atoms with van der Waals surface area (Å²) < 4.78 is 11.4. The van der Waals surface area contributed by atoms with Crippen LogP contribution in [0.4, 0.5) is 0 Å². The first-order chi connectivity index (χ1) is 15.0. The van der Waals surface area contributed by atoms with Crippen LogP contribution in [0.15, 0.2) is 42.5 Å². The predicted octanol–water partition coefficient (Wildman–Crippen LogP) is 1.90. The molecule has 4 N–H and O–H groups in total. The summed E-state index contributed by atoms with van der Waals surface area (Å²) in [5.41, 5.74) is 3.77. The number of nitrogens with one attached hydrogen (secondary N) is 1. The highest BCUT2D eigenvalue weighted by molar-refractivity contribution is 6.20. The van der Waals surface area contributed by atoms with Crippen molar-refractivity contribution in [3.8, 4) is 5.75 Å². The monoisotopic (exact) mass is 423 g/mol. The van der Waals surface area contributed by atoms with Crippen molar-refractivity contribution in [3.05, 3.63) is 64.8 Å². The number of carbonyl (C=O) groups excluding carboxylic acids is 1. The van der Waals surface area contributed by atoms with E-state index >= 15 is 0 Å². The second kappa shape index (κ2) is 7.76. The molecule has 5 rings (SSSR count). The first kappa shape index (κ1) is 20.2. The molecule has 0 radical (unpaired) electrons. The molecule has 0 saturated carbocycles. The minimum absolute atomic E-state index is 0.0122. The minimum atomic E-state index is -1.27. The lowest BCUT2D eigenvalue weighted by atomic mass is 9.64. The van der Waals surface area contributed by atoms with E-state index in [9.17, 15) is 15.0 Å². The molecular formula is C24H25NO6. The van der Waals surface area contributed by atoms with Gasteiger partial charge < -0.3 is 29.8 Å². The van der Waals surface area contributed by atoms with E-state index in [4.69, 9.17) is 14.6 Å². The average Bonchev–Trinajstić information content (AvgIpc) is 3.22. The van der Waals surface area contributed by atoms with E-state index < -0.39 is 24.2 Å². The number of carbonyl (C=O) groups is 1. The van der Waals surface area contributed by atoms with Crippen LogP contribution in [0.25, 0.3) is 10.9 Å². The largest absolute Gasteiger partial charge is 0.491 e. The fourth-order valence-corrected chi connectivity index (χ4v) is 4.87. The summed E-state index contributed by atoms with van der Waals surface area (Å²) in [4.78, 5) is 17.0. The molecule has 3 aromatic rings. The average molecular weight is 423 g/mol. The van der Waals surface area contributed by atoms with Crippen molar-refractivity contribution in [1.29, 1.82) is 0 Å². The Bertz CT molecular complexity index is 1130. The maximum absolute atomic E-state index is 13.5. The van der Waals surface area contributed by atoms with Gasteiger partial charge in [-0.15, -0.1) is 0 Å². The number of ether oxygens (including phenoxy) is 2. The van der Waals surface area contributed by atoms with Gasteiger partial charge >= 0.3 is 0 Å². The number of aromatic amines is 1.